The first-order chi connectivity index (χ1) is 11.6. The predicted molar refractivity (Wildman–Crippen MR) is 112 cm³/mol. The van der Waals surface area contributed by atoms with Crippen LogP contribution in [0.5, 0.6) is 0 Å². The molecule has 0 saturated heterocycles. The minimum atomic E-state index is -0.0688. The smallest absolute Gasteiger partial charge is 0.0426 e. The van der Waals surface area contributed by atoms with Gasteiger partial charge in [-0.15, -0.1) is 11.3 Å². The van der Waals surface area contributed by atoms with Gasteiger partial charge in [0.15, 0.2) is 0 Å². The largest absolute Gasteiger partial charge is 0.135 e. The van der Waals surface area contributed by atoms with Gasteiger partial charge in [-0.05, 0) is 48.7 Å². The van der Waals surface area contributed by atoms with Crippen LogP contribution >= 0.6 is 19.3 Å². The molecule has 0 unspecified atom stereocenters. The van der Waals surface area contributed by atoms with Crippen molar-refractivity contribution in [3.63, 3.8) is 0 Å². The lowest BCUT2D eigenvalue weighted by Crippen LogP contribution is -2.04. The predicted octanol–water partition coefficient (Wildman–Crippen LogP) is 6.85. The van der Waals surface area contributed by atoms with E-state index in [0.717, 1.165) is 0 Å². The van der Waals surface area contributed by atoms with Crippen LogP contribution in [0.1, 0.15) is 25.0 Å². The van der Waals surface area contributed by atoms with Crippen LogP contribution in [0.2, 0.25) is 0 Å². The molecule has 2 heteroatoms. The minimum Gasteiger partial charge on any atom is -0.135 e. The summed E-state index contributed by atoms with van der Waals surface area (Å²) in [6.07, 6.45) is 2.52. The first-order valence-corrected chi connectivity index (χ1v) is 11.2. The summed E-state index contributed by atoms with van der Waals surface area (Å²) in [5.41, 5.74) is 5.35. The molecule has 0 amide bonds. The third kappa shape index (κ3) is 3.63. The Hall–Kier alpha value is -1.43. The zero-order valence-corrected chi connectivity index (χ0v) is 16.7. The van der Waals surface area contributed by atoms with Crippen LogP contribution in [-0.2, 0) is 0 Å². The maximum Gasteiger partial charge on any atom is 0.0426 e. The zero-order valence-electron chi connectivity index (χ0n) is 15.0. The summed E-state index contributed by atoms with van der Waals surface area (Å²) in [7, 11) is -0.0688. The van der Waals surface area contributed by atoms with Gasteiger partial charge in [0.2, 0.25) is 0 Å². The van der Waals surface area contributed by atoms with Gasteiger partial charge in [-0.3, -0.25) is 0 Å². The normalized spacial score (nSPS) is 11.2. The Morgan fingerprint density at radius 2 is 1.25 bits per heavy atom. The molecule has 0 aliphatic heterocycles. The van der Waals surface area contributed by atoms with Crippen LogP contribution in [0.25, 0.3) is 20.9 Å². The van der Waals surface area contributed by atoms with Crippen molar-refractivity contribution in [3.8, 4) is 20.9 Å². The van der Waals surface area contributed by atoms with Crippen molar-refractivity contribution in [3.05, 3.63) is 65.7 Å². The average molecular weight is 352 g/mol. The van der Waals surface area contributed by atoms with E-state index in [2.05, 4.69) is 82.3 Å². The fraction of sp³-hybridized carbons (Fsp3) is 0.273. The van der Waals surface area contributed by atoms with Crippen molar-refractivity contribution in [2.45, 2.75) is 27.7 Å². The second kappa shape index (κ2) is 7.64. The first kappa shape index (κ1) is 17.4. The van der Waals surface area contributed by atoms with Crippen molar-refractivity contribution < 1.29 is 0 Å². The molecule has 24 heavy (non-hydrogen) atoms. The van der Waals surface area contributed by atoms with E-state index < -0.39 is 0 Å². The lowest BCUT2D eigenvalue weighted by Gasteiger charge is -2.14. The number of hydrogen-bond acceptors (Lipinski definition) is 1. The monoisotopic (exact) mass is 352 g/mol. The highest BCUT2D eigenvalue weighted by atomic mass is 32.1. The standard InChI is InChI=1S/C22H25PS/c1-5-23(6-2)20-15-21(18-11-7-16(3)8-12-18)24-22(20)19-13-9-17(4)10-14-19/h7-15H,5-6H2,1-4H3. The van der Waals surface area contributed by atoms with Gasteiger partial charge in [0.1, 0.15) is 0 Å². The maximum absolute atomic E-state index is 2.46. The van der Waals surface area contributed by atoms with Crippen molar-refractivity contribution in [1.82, 2.24) is 0 Å². The second-order valence-corrected chi connectivity index (χ2v) is 10.1. The Morgan fingerprint density at radius 1 is 0.750 bits per heavy atom. The summed E-state index contributed by atoms with van der Waals surface area (Å²) in [5.74, 6) is 0. The molecule has 0 radical (unpaired) electrons. The molecular formula is C22H25PS. The molecule has 1 aromatic heterocycles. The molecule has 2 aromatic carbocycles. The van der Waals surface area contributed by atoms with Gasteiger partial charge in [-0.1, -0.05) is 81.4 Å². The van der Waals surface area contributed by atoms with Crippen LogP contribution in [0.3, 0.4) is 0 Å². The number of rotatable bonds is 5. The van der Waals surface area contributed by atoms with Crippen molar-refractivity contribution in [2.24, 2.45) is 0 Å². The molecule has 3 aromatic rings. The van der Waals surface area contributed by atoms with E-state index in [1.807, 2.05) is 11.3 Å². The summed E-state index contributed by atoms with van der Waals surface area (Å²) in [5, 5.41) is 1.58. The minimum absolute atomic E-state index is 0.0688. The topological polar surface area (TPSA) is 0 Å². The first-order valence-electron chi connectivity index (χ1n) is 8.65. The molecule has 0 aliphatic rings. The molecule has 124 valence electrons. The van der Waals surface area contributed by atoms with Gasteiger partial charge in [-0.25, -0.2) is 0 Å². The van der Waals surface area contributed by atoms with Crippen LogP contribution in [0.4, 0.5) is 0 Å². The lowest BCUT2D eigenvalue weighted by molar-refractivity contribution is 1.42. The fourth-order valence-electron chi connectivity index (χ4n) is 2.95. The van der Waals surface area contributed by atoms with Gasteiger partial charge in [0.25, 0.3) is 0 Å². The van der Waals surface area contributed by atoms with Gasteiger partial charge >= 0.3 is 0 Å². The molecule has 0 saturated carbocycles. The molecule has 0 aliphatic carbocycles. The molecule has 0 fully saturated rings. The Kier molecular flexibility index (Phi) is 5.54. The van der Waals surface area contributed by atoms with E-state index in [4.69, 9.17) is 0 Å². The third-order valence-electron chi connectivity index (χ3n) is 4.47. The number of thiophene rings is 1. The summed E-state index contributed by atoms with van der Waals surface area (Å²) in [6.45, 7) is 8.96. The lowest BCUT2D eigenvalue weighted by atomic mass is 10.1. The molecule has 0 bridgehead atoms. The van der Waals surface area contributed by atoms with E-state index in [9.17, 15) is 0 Å². The van der Waals surface area contributed by atoms with Gasteiger partial charge in [0, 0.05) is 9.75 Å². The Bertz CT molecular complexity index is 793. The maximum atomic E-state index is 2.46. The number of benzene rings is 2. The Labute approximate surface area is 151 Å². The SMILES string of the molecule is CCP(CC)c1cc(-c2ccc(C)cc2)sc1-c1ccc(C)cc1. The van der Waals surface area contributed by atoms with E-state index in [1.165, 1.54) is 44.3 Å². The van der Waals surface area contributed by atoms with Crippen LogP contribution in [0.15, 0.2) is 54.6 Å². The van der Waals surface area contributed by atoms with Gasteiger partial charge < -0.3 is 0 Å². The van der Waals surface area contributed by atoms with Crippen molar-refractivity contribution in [2.75, 3.05) is 12.3 Å². The molecule has 0 spiro atoms. The van der Waals surface area contributed by atoms with E-state index in [-0.39, 0.29) is 7.92 Å². The summed E-state index contributed by atoms with van der Waals surface area (Å²) >= 11 is 1.95. The summed E-state index contributed by atoms with van der Waals surface area (Å²) in [4.78, 5) is 2.87. The quantitative estimate of drug-likeness (QED) is 0.441. The zero-order chi connectivity index (χ0) is 17.1. The van der Waals surface area contributed by atoms with Crippen LogP contribution in [-0.4, -0.2) is 12.3 Å². The van der Waals surface area contributed by atoms with Crippen molar-refractivity contribution >= 4 is 24.6 Å². The van der Waals surface area contributed by atoms with E-state index in [0.29, 0.717) is 0 Å². The molecule has 0 N–H and O–H groups in total. The number of hydrogen-bond donors (Lipinski definition) is 0. The fourth-order valence-corrected chi connectivity index (χ4v) is 6.49. The van der Waals surface area contributed by atoms with E-state index in [1.54, 1.807) is 5.30 Å². The molecule has 0 atom stereocenters. The highest BCUT2D eigenvalue weighted by Gasteiger charge is 2.18. The Morgan fingerprint density at radius 3 is 1.75 bits per heavy atom. The Balaban J connectivity index is 2.11. The molecule has 3 rings (SSSR count). The highest BCUT2D eigenvalue weighted by molar-refractivity contribution is 7.66. The average Bonchev–Trinajstić information content (AvgIpc) is 3.02. The highest BCUT2D eigenvalue weighted by Crippen LogP contribution is 2.43. The molecule has 1 heterocycles. The third-order valence-corrected chi connectivity index (χ3v) is 8.41. The number of aryl methyl sites for hydroxylation is 2. The van der Waals surface area contributed by atoms with Crippen LogP contribution < -0.4 is 5.30 Å². The van der Waals surface area contributed by atoms with E-state index >= 15 is 0 Å². The molecular weight excluding hydrogens is 327 g/mol. The molecule has 0 nitrogen and oxygen atoms in total. The van der Waals surface area contributed by atoms with Gasteiger partial charge in [-0.2, -0.15) is 0 Å². The second-order valence-electron chi connectivity index (χ2n) is 6.23. The van der Waals surface area contributed by atoms with Crippen molar-refractivity contribution in [1.29, 1.82) is 0 Å². The summed E-state index contributed by atoms with van der Waals surface area (Å²) in [6, 6.07) is 20.4. The summed E-state index contributed by atoms with van der Waals surface area (Å²) < 4.78 is 0. The van der Waals surface area contributed by atoms with Gasteiger partial charge in [0.05, 0.1) is 0 Å². The van der Waals surface area contributed by atoms with Crippen LogP contribution in [0, 0.1) is 13.8 Å².